The molecule has 0 amide bonds. The number of hydrogen-bond donors (Lipinski definition) is 0. The number of fused-ring (bicyclic) bond motifs is 3. The van der Waals surface area contributed by atoms with Crippen molar-refractivity contribution in [1.82, 2.24) is 0 Å². The summed E-state index contributed by atoms with van der Waals surface area (Å²) in [6.07, 6.45) is 0. The fourth-order valence-corrected chi connectivity index (χ4v) is 6.13. The molecule has 2 heteroatoms. The van der Waals surface area contributed by atoms with Crippen LogP contribution in [0.25, 0.3) is 51.8 Å². The second-order valence-electron chi connectivity index (χ2n) is 7.58. The Morgan fingerprint density at radius 3 is 1.55 bits per heavy atom. The van der Waals surface area contributed by atoms with Crippen LogP contribution >= 0.6 is 22.7 Å². The highest BCUT2D eigenvalue weighted by molar-refractivity contribution is 7.22. The van der Waals surface area contributed by atoms with E-state index in [0.29, 0.717) is 0 Å². The quantitative estimate of drug-likeness (QED) is 0.269. The summed E-state index contributed by atoms with van der Waals surface area (Å²) in [6.45, 7) is 2.14. The highest BCUT2D eigenvalue weighted by atomic mass is 32.1. The zero-order valence-corrected chi connectivity index (χ0v) is 17.6. The molecule has 0 radical (unpaired) electrons. The second-order valence-corrected chi connectivity index (χ2v) is 9.75. The van der Waals surface area contributed by atoms with Crippen LogP contribution in [0.15, 0.2) is 91.0 Å². The highest BCUT2D eigenvalue weighted by Gasteiger charge is 2.09. The number of hydrogen-bond acceptors (Lipinski definition) is 2. The zero-order valence-electron chi connectivity index (χ0n) is 16.0. The molecule has 0 nitrogen and oxygen atoms in total. The predicted molar refractivity (Wildman–Crippen MR) is 130 cm³/mol. The maximum Gasteiger partial charge on any atom is 0.0355 e. The third-order valence-corrected chi connectivity index (χ3v) is 7.80. The van der Waals surface area contributed by atoms with Gasteiger partial charge in [0.25, 0.3) is 0 Å². The van der Waals surface area contributed by atoms with Crippen LogP contribution in [0, 0.1) is 6.92 Å². The molecule has 2 heterocycles. The van der Waals surface area contributed by atoms with Gasteiger partial charge in [0.1, 0.15) is 0 Å². The number of benzene rings is 4. The van der Waals surface area contributed by atoms with E-state index in [2.05, 4.69) is 97.9 Å². The van der Waals surface area contributed by atoms with Crippen LogP contribution in [0.3, 0.4) is 0 Å². The van der Waals surface area contributed by atoms with Crippen LogP contribution in [0.1, 0.15) is 5.56 Å². The van der Waals surface area contributed by atoms with Gasteiger partial charge in [-0.25, -0.2) is 0 Å². The van der Waals surface area contributed by atoms with Gasteiger partial charge in [-0.05, 0) is 76.0 Å². The SMILES string of the molecule is Cc1ccc(-c2cc3cc4cc5sc(-c6ccccc6)cc5cc4cc3s2)cc1. The molecule has 0 aliphatic heterocycles. The van der Waals surface area contributed by atoms with Crippen LogP contribution in [-0.2, 0) is 0 Å². The Morgan fingerprint density at radius 2 is 1.00 bits per heavy atom. The minimum atomic E-state index is 1.29. The molecule has 0 aliphatic carbocycles. The minimum Gasteiger partial charge on any atom is -0.135 e. The third kappa shape index (κ3) is 2.96. The van der Waals surface area contributed by atoms with Crippen LogP contribution in [0.4, 0.5) is 0 Å². The minimum absolute atomic E-state index is 1.29. The van der Waals surface area contributed by atoms with Crippen molar-refractivity contribution in [3.05, 3.63) is 96.6 Å². The summed E-state index contributed by atoms with van der Waals surface area (Å²) in [5.74, 6) is 0. The Balaban J connectivity index is 1.50. The Bertz CT molecular complexity index is 1410. The van der Waals surface area contributed by atoms with E-state index in [1.165, 1.54) is 57.4 Å². The lowest BCUT2D eigenvalue weighted by Crippen LogP contribution is -1.73. The van der Waals surface area contributed by atoms with E-state index in [-0.39, 0.29) is 0 Å². The molecular formula is C27H18S2. The van der Waals surface area contributed by atoms with Gasteiger partial charge in [-0.3, -0.25) is 0 Å². The summed E-state index contributed by atoms with van der Waals surface area (Å²) >= 11 is 3.76. The number of rotatable bonds is 2. The molecule has 0 fully saturated rings. The molecule has 0 saturated carbocycles. The molecular weight excluding hydrogens is 388 g/mol. The van der Waals surface area contributed by atoms with Crippen molar-refractivity contribution < 1.29 is 0 Å². The molecule has 0 aliphatic rings. The molecule has 0 saturated heterocycles. The first kappa shape index (κ1) is 17.0. The fraction of sp³-hybridized carbons (Fsp3) is 0.0370. The van der Waals surface area contributed by atoms with Gasteiger partial charge >= 0.3 is 0 Å². The Hall–Kier alpha value is -2.94. The predicted octanol–water partition coefficient (Wildman–Crippen LogP) is 8.91. The van der Waals surface area contributed by atoms with Crippen molar-refractivity contribution in [2.45, 2.75) is 6.92 Å². The molecule has 29 heavy (non-hydrogen) atoms. The van der Waals surface area contributed by atoms with E-state index < -0.39 is 0 Å². The second kappa shape index (κ2) is 6.55. The largest absolute Gasteiger partial charge is 0.135 e. The first-order valence-electron chi connectivity index (χ1n) is 9.76. The summed E-state index contributed by atoms with van der Waals surface area (Å²) in [6, 6.07) is 33.5. The lowest BCUT2D eigenvalue weighted by atomic mass is 10.1. The van der Waals surface area contributed by atoms with Gasteiger partial charge in [0.05, 0.1) is 0 Å². The smallest absolute Gasteiger partial charge is 0.0355 e. The lowest BCUT2D eigenvalue weighted by Gasteiger charge is -1.99. The maximum atomic E-state index is 2.35. The average molecular weight is 407 g/mol. The molecule has 0 N–H and O–H groups in total. The van der Waals surface area contributed by atoms with E-state index >= 15 is 0 Å². The third-order valence-electron chi connectivity index (χ3n) is 5.50. The lowest BCUT2D eigenvalue weighted by molar-refractivity contribution is 1.48. The van der Waals surface area contributed by atoms with Crippen LogP contribution in [0.2, 0.25) is 0 Å². The number of aryl methyl sites for hydroxylation is 1. The summed E-state index contributed by atoms with van der Waals surface area (Å²) in [5.41, 5.74) is 3.89. The summed E-state index contributed by atoms with van der Waals surface area (Å²) in [7, 11) is 0. The Morgan fingerprint density at radius 1 is 0.483 bits per heavy atom. The van der Waals surface area contributed by atoms with Gasteiger partial charge in [0.15, 0.2) is 0 Å². The van der Waals surface area contributed by atoms with Crippen molar-refractivity contribution >= 4 is 53.6 Å². The van der Waals surface area contributed by atoms with Crippen LogP contribution < -0.4 is 0 Å². The Kier molecular flexibility index (Phi) is 3.83. The topological polar surface area (TPSA) is 0 Å². The van der Waals surface area contributed by atoms with Gasteiger partial charge < -0.3 is 0 Å². The standard InChI is InChI=1S/C27H18S2/c1-17-7-9-19(10-8-17)25-16-23-12-21-13-26-22(11-20(21)14-27(23)29-25)15-24(28-26)18-5-3-2-4-6-18/h2-16H,1H3. The molecule has 6 rings (SSSR count). The highest BCUT2D eigenvalue weighted by Crippen LogP contribution is 2.39. The van der Waals surface area contributed by atoms with Crippen molar-refractivity contribution in [2.24, 2.45) is 0 Å². The van der Waals surface area contributed by atoms with Gasteiger partial charge in [-0.1, -0.05) is 60.2 Å². The van der Waals surface area contributed by atoms with Crippen LogP contribution in [-0.4, -0.2) is 0 Å². The first-order chi connectivity index (χ1) is 14.2. The molecule has 0 unspecified atom stereocenters. The van der Waals surface area contributed by atoms with Crippen molar-refractivity contribution in [2.75, 3.05) is 0 Å². The van der Waals surface area contributed by atoms with E-state index in [4.69, 9.17) is 0 Å². The molecule has 0 bridgehead atoms. The Labute approximate surface area is 177 Å². The van der Waals surface area contributed by atoms with Gasteiger partial charge in [-0.2, -0.15) is 0 Å². The van der Waals surface area contributed by atoms with Gasteiger partial charge in [0.2, 0.25) is 0 Å². The normalized spacial score (nSPS) is 11.6. The van der Waals surface area contributed by atoms with E-state index in [1.807, 2.05) is 22.7 Å². The average Bonchev–Trinajstić information content (AvgIpc) is 3.35. The van der Waals surface area contributed by atoms with Crippen molar-refractivity contribution in [1.29, 1.82) is 0 Å². The summed E-state index contributed by atoms with van der Waals surface area (Å²) in [5, 5.41) is 5.30. The monoisotopic (exact) mass is 406 g/mol. The molecule has 0 spiro atoms. The first-order valence-corrected chi connectivity index (χ1v) is 11.4. The summed E-state index contributed by atoms with van der Waals surface area (Å²) < 4.78 is 2.70. The molecule has 6 aromatic rings. The zero-order chi connectivity index (χ0) is 19.4. The van der Waals surface area contributed by atoms with E-state index in [1.54, 1.807) is 0 Å². The maximum absolute atomic E-state index is 2.35. The van der Waals surface area contributed by atoms with Gasteiger partial charge in [0, 0.05) is 19.2 Å². The molecule has 0 atom stereocenters. The van der Waals surface area contributed by atoms with Crippen molar-refractivity contribution in [3.63, 3.8) is 0 Å². The van der Waals surface area contributed by atoms with Crippen molar-refractivity contribution in [3.8, 4) is 20.9 Å². The van der Waals surface area contributed by atoms with Gasteiger partial charge in [-0.15, -0.1) is 22.7 Å². The number of thiophene rings is 2. The van der Waals surface area contributed by atoms with Crippen LogP contribution in [0.5, 0.6) is 0 Å². The summed E-state index contributed by atoms with van der Waals surface area (Å²) in [4.78, 5) is 2.67. The molecule has 138 valence electrons. The molecule has 4 aromatic carbocycles. The fourth-order valence-electron chi connectivity index (χ4n) is 3.93. The van der Waals surface area contributed by atoms with E-state index in [0.717, 1.165) is 0 Å². The van der Waals surface area contributed by atoms with E-state index in [9.17, 15) is 0 Å². The molecule has 2 aromatic heterocycles.